The average Bonchev–Trinajstić information content (AvgIpc) is 2.28. The maximum absolute atomic E-state index is 5.62. The summed E-state index contributed by atoms with van der Waals surface area (Å²) in [5.74, 6) is 6.37. The molecular weight excluding hydrogens is 212 g/mol. The minimum Gasteiger partial charge on any atom is -0.460 e. The van der Waals surface area contributed by atoms with E-state index >= 15 is 0 Å². The fourth-order valence-electron chi connectivity index (χ4n) is 1.29. The zero-order valence-electron chi connectivity index (χ0n) is 11.2. The van der Waals surface area contributed by atoms with Gasteiger partial charge >= 0.3 is 0 Å². The van der Waals surface area contributed by atoms with Crippen molar-refractivity contribution in [2.75, 3.05) is 0 Å². The van der Waals surface area contributed by atoms with E-state index < -0.39 is 0 Å². The smallest absolute Gasteiger partial charge is 0.233 e. The van der Waals surface area contributed by atoms with Crippen molar-refractivity contribution in [3.63, 3.8) is 0 Å². The summed E-state index contributed by atoms with van der Waals surface area (Å²) in [6.07, 6.45) is 4.17. The van der Waals surface area contributed by atoms with Gasteiger partial charge in [-0.15, -0.1) is 5.92 Å². The van der Waals surface area contributed by atoms with Crippen LogP contribution in [0.3, 0.4) is 0 Å². The lowest BCUT2D eigenvalue weighted by atomic mass is 9.93. The molecule has 0 amide bonds. The molecule has 0 fully saturated rings. The van der Waals surface area contributed by atoms with E-state index in [4.69, 9.17) is 4.74 Å². The molecule has 1 aromatic rings. The van der Waals surface area contributed by atoms with Crippen LogP contribution in [0.5, 0.6) is 5.88 Å². The molecule has 1 heterocycles. The van der Waals surface area contributed by atoms with Gasteiger partial charge in [-0.1, -0.05) is 33.6 Å². The molecule has 0 unspecified atom stereocenters. The van der Waals surface area contributed by atoms with Gasteiger partial charge in [0, 0.05) is 5.41 Å². The maximum atomic E-state index is 5.62. The van der Waals surface area contributed by atoms with Crippen LogP contribution in [-0.2, 0) is 5.41 Å². The van der Waals surface area contributed by atoms with E-state index in [9.17, 15) is 0 Å². The van der Waals surface area contributed by atoms with Crippen LogP contribution in [0, 0.1) is 11.8 Å². The molecule has 3 heteroatoms. The van der Waals surface area contributed by atoms with Crippen molar-refractivity contribution < 1.29 is 4.74 Å². The Kier molecular flexibility index (Phi) is 4.51. The van der Waals surface area contributed by atoms with Crippen molar-refractivity contribution in [3.8, 4) is 17.7 Å². The molecule has 0 aliphatic heterocycles. The lowest BCUT2D eigenvalue weighted by Gasteiger charge is -2.17. The molecule has 3 nitrogen and oxygen atoms in total. The van der Waals surface area contributed by atoms with Crippen LogP contribution >= 0.6 is 0 Å². The molecule has 1 rings (SSSR count). The van der Waals surface area contributed by atoms with Crippen molar-refractivity contribution in [1.29, 1.82) is 0 Å². The van der Waals surface area contributed by atoms with E-state index in [1.165, 1.54) is 0 Å². The van der Waals surface area contributed by atoms with Gasteiger partial charge in [-0.05, 0) is 13.3 Å². The molecule has 1 aromatic heterocycles. The fourth-order valence-corrected chi connectivity index (χ4v) is 1.29. The van der Waals surface area contributed by atoms with E-state index in [0.29, 0.717) is 5.88 Å². The fraction of sp³-hybridized carbons (Fsp3) is 0.571. The van der Waals surface area contributed by atoms with Gasteiger partial charge in [0.2, 0.25) is 5.88 Å². The summed E-state index contributed by atoms with van der Waals surface area (Å²) in [6, 6.07) is 0. The number of rotatable bonds is 3. The topological polar surface area (TPSA) is 35.0 Å². The van der Waals surface area contributed by atoms with Crippen LogP contribution in [0.1, 0.15) is 46.7 Å². The number of hydrogen-bond acceptors (Lipinski definition) is 3. The molecule has 17 heavy (non-hydrogen) atoms. The van der Waals surface area contributed by atoms with Gasteiger partial charge in [0.05, 0.1) is 18.1 Å². The molecule has 0 saturated heterocycles. The van der Waals surface area contributed by atoms with E-state index in [1.807, 2.05) is 6.92 Å². The third kappa shape index (κ3) is 4.07. The summed E-state index contributed by atoms with van der Waals surface area (Å²) < 4.78 is 5.62. The summed E-state index contributed by atoms with van der Waals surface area (Å²) in [4.78, 5) is 8.62. The zero-order valence-corrected chi connectivity index (χ0v) is 11.2. The first kappa shape index (κ1) is 13.5. The second-order valence-corrected chi connectivity index (χ2v) is 4.90. The van der Waals surface area contributed by atoms with Gasteiger partial charge in [-0.2, -0.15) is 0 Å². The zero-order chi connectivity index (χ0) is 12.9. The van der Waals surface area contributed by atoms with Crippen LogP contribution in [-0.4, -0.2) is 16.1 Å². The molecule has 0 saturated carbocycles. The molecule has 92 valence electrons. The lowest BCUT2D eigenvalue weighted by molar-refractivity contribution is 0.242. The second kappa shape index (κ2) is 5.67. The Morgan fingerprint density at radius 3 is 2.41 bits per heavy atom. The van der Waals surface area contributed by atoms with E-state index in [-0.39, 0.29) is 11.5 Å². The molecule has 0 N–H and O–H groups in total. The summed E-state index contributed by atoms with van der Waals surface area (Å²) in [6.45, 7) is 10.2. The Morgan fingerprint density at radius 2 is 2.00 bits per heavy atom. The molecule has 0 bridgehead atoms. The summed E-state index contributed by atoms with van der Waals surface area (Å²) in [5.41, 5.74) is 0.971. The van der Waals surface area contributed by atoms with Gasteiger partial charge in [-0.3, -0.25) is 4.98 Å². The van der Waals surface area contributed by atoms with Gasteiger partial charge in [0.15, 0.2) is 6.10 Å². The van der Waals surface area contributed by atoms with E-state index in [2.05, 4.69) is 42.6 Å². The molecule has 0 radical (unpaired) electrons. The standard InChI is InChI=1S/C14H20N2O/c1-6-8-11(7-2)17-13-10-15-12(9-16-13)14(3,4)5/h9-11H,7H2,1-5H3/t11-/m0/s1. The maximum Gasteiger partial charge on any atom is 0.233 e. The first-order valence-corrected chi connectivity index (χ1v) is 5.88. The molecule has 0 aliphatic carbocycles. The Hall–Kier alpha value is -1.56. The highest BCUT2D eigenvalue weighted by atomic mass is 16.5. The Morgan fingerprint density at radius 1 is 1.29 bits per heavy atom. The minimum absolute atomic E-state index is 0.0128. The van der Waals surface area contributed by atoms with Crippen LogP contribution in [0.15, 0.2) is 12.4 Å². The monoisotopic (exact) mass is 232 g/mol. The van der Waals surface area contributed by atoms with Crippen LogP contribution in [0.25, 0.3) is 0 Å². The number of aromatic nitrogens is 2. The highest BCUT2D eigenvalue weighted by Gasteiger charge is 2.16. The molecule has 0 spiro atoms. The Bertz CT molecular complexity index is 407. The Labute approximate surface area is 104 Å². The number of hydrogen-bond donors (Lipinski definition) is 0. The highest BCUT2D eigenvalue weighted by molar-refractivity contribution is 5.15. The summed E-state index contributed by atoms with van der Waals surface area (Å²) >= 11 is 0. The number of ether oxygens (including phenoxy) is 1. The average molecular weight is 232 g/mol. The van der Waals surface area contributed by atoms with E-state index in [0.717, 1.165) is 12.1 Å². The second-order valence-electron chi connectivity index (χ2n) is 4.90. The van der Waals surface area contributed by atoms with E-state index in [1.54, 1.807) is 19.3 Å². The van der Waals surface area contributed by atoms with Crippen molar-refractivity contribution in [3.05, 3.63) is 18.1 Å². The molecular formula is C14H20N2O. The molecule has 1 atom stereocenters. The first-order chi connectivity index (χ1) is 7.97. The quantitative estimate of drug-likeness (QED) is 0.751. The predicted molar refractivity (Wildman–Crippen MR) is 68.9 cm³/mol. The van der Waals surface area contributed by atoms with Crippen molar-refractivity contribution >= 4 is 0 Å². The van der Waals surface area contributed by atoms with Gasteiger partial charge in [-0.25, -0.2) is 4.98 Å². The van der Waals surface area contributed by atoms with Crippen LogP contribution in [0.4, 0.5) is 0 Å². The normalized spacial score (nSPS) is 12.5. The Balaban J connectivity index is 2.77. The first-order valence-electron chi connectivity index (χ1n) is 5.88. The molecule has 0 aliphatic rings. The predicted octanol–water partition coefficient (Wildman–Crippen LogP) is 2.95. The van der Waals surface area contributed by atoms with Crippen LogP contribution in [0.2, 0.25) is 0 Å². The highest BCUT2D eigenvalue weighted by Crippen LogP contribution is 2.20. The third-order valence-corrected chi connectivity index (χ3v) is 2.34. The number of nitrogens with zero attached hydrogens (tertiary/aromatic N) is 2. The van der Waals surface area contributed by atoms with Gasteiger partial charge in [0.25, 0.3) is 0 Å². The van der Waals surface area contributed by atoms with Gasteiger partial charge < -0.3 is 4.74 Å². The SMILES string of the molecule is CC#C[C@H](CC)Oc1cnc(C(C)(C)C)cn1. The third-order valence-electron chi connectivity index (χ3n) is 2.34. The van der Waals surface area contributed by atoms with Crippen molar-refractivity contribution in [2.24, 2.45) is 0 Å². The molecule has 0 aromatic carbocycles. The van der Waals surface area contributed by atoms with Crippen molar-refractivity contribution in [1.82, 2.24) is 9.97 Å². The largest absolute Gasteiger partial charge is 0.460 e. The lowest BCUT2D eigenvalue weighted by Crippen LogP contribution is -2.16. The van der Waals surface area contributed by atoms with Gasteiger partial charge in [0.1, 0.15) is 0 Å². The van der Waals surface area contributed by atoms with Crippen molar-refractivity contribution in [2.45, 2.75) is 52.6 Å². The summed E-state index contributed by atoms with van der Waals surface area (Å²) in [7, 11) is 0. The summed E-state index contributed by atoms with van der Waals surface area (Å²) in [5, 5.41) is 0. The minimum atomic E-state index is -0.102. The van der Waals surface area contributed by atoms with Crippen LogP contribution < -0.4 is 4.74 Å².